The number of nitrogens with two attached hydrogens (primary N) is 1. The van der Waals surface area contributed by atoms with Crippen molar-refractivity contribution in [2.45, 2.75) is 25.7 Å². The third kappa shape index (κ3) is 4.44. The van der Waals surface area contributed by atoms with Gasteiger partial charge in [-0.1, -0.05) is 6.07 Å². The summed E-state index contributed by atoms with van der Waals surface area (Å²) in [4.78, 5) is 45.1. The molecule has 1 unspecified atom stereocenters. The molecule has 8 nitrogen and oxygen atoms in total. The molecule has 1 atom stereocenters. The second-order valence-corrected chi connectivity index (χ2v) is 8.97. The predicted octanol–water partition coefficient (Wildman–Crippen LogP) is 3.12. The number of piperidine rings is 1. The van der Waals surface area contributed by atoms with Gasteiger partial charge >= 0.3 is 0 Å². The number of nitrogen functional groups attached to an aromatic ring is 1. The van der Waals surface area contributed by atoms with Gasteiger partial charge in [0.15, 0.2) is 0 Å². The van der Waals surface area contributed by atoms with Gasteiger partial charge in [-0.15, -0.1) is 0 Å². The van der Waals surface area contributed by atoms with Crippen molar-refractivity contribution in [3.63, 3.8) is 0 Å². The minimum absolute atomic E-state index is 0.0279. The number of aromatic nitrogens is 1. The van der Waals surface area contributed by atoms with E-state index in [9.17, 15) is 14.4 Å². The molecule has 174 valence electrons. The fourth-order valence-electron chi connectivity index (χ4n) is 4.70. The Balaban J connectivity index is 1.20. The van der Waals surface area contributed by atoms with Crippen molar-refractivity contribution in [2.24, 2.45) is 5.92 Å². The molecular weight excluding hydrogens is 430 g/mol. The maximum atomic E-state index is 12.7. The van der Waals surface area contributed by atoms with Crippen molar-refractivity contribution in [1.82, 2.24) is 10.3 Å². The van der Waals surface area contributed by atoms with Gasteiger partial charge in [-0.2, -0.15) is 0 Å². The summed E-state index contributed by atoms with van der Waals surface area (Å²) in [6.45, 7) is 1.70. The van der Waals surface area contributed by atoms with Crippen LogP contribution in [0.15, 0.2) is 54.7 Å². The van der Waals surface area contributed by atoms with Crippen LogP contribution in [0.25, 0.3) is 10.8 Å². The molecule has 0 spiro atoms. The molecule has 2 fully saturated rings. The molecule has 1 aromatic heterocycles. The van der Waals surface area contributed by atoms with Gasteiger partial charge in [-0.05, 0) is 60.7 Å². The molecule has 3 aromatic rings. The summed E-state index contributed by atoms with van der Waals surface area (Å²) in [5.41, 5.74) is 7.98. The van der Waals surface area contributed by atoms with E-state index < -0.39 is 0 Å². The molecule has 2 saturated heterocycles. The van der Waals surface area contributed by atoms with E-state index in [1.165, 1.54) is 0 Å². The summed E-state index contributed by atoms with van der Waals surface area (Å²) in [7, 11) is 0. The van der Waals surface area contributed by atoms with Crippen LogP contribution in [-0.4, -0.2) is 42.3 Å². The van der Waals surface area contributed by atoms with Gasteiger partial charge < -0.3 is 20.9 Å². The first-order chi connectivity index (χ1) is 16.5. The number of nitrogens with one attached hydrogen (secondary N) is 1. The van der Waals surface area contributed by atoms with Crippen LogP contribution in [0.4, 0.5) is 17.2 Å². The smallest absolute Gasteiger partial charge is 0.251 e. The van der Waals surface area contributed by atoms with E-state index in [0.717, 1.165) is 41.5 Å². The molecule has 3 N–H and O–H groups in total. The summed E-state index contributed by atoms with van der Waals surface area (Å²) in [6.07, 6.45) is 4.61. The number of anilines is 3. The fraction of sp³-hybridized carbons (Fsp3) is 0.308. The number of nitrogens with zero attached hydrogens (tertiary/aromatic N) is 3. The largest absolute Gasteiger partial charge is 0.384 e. The number of pyridine rings is 1. The fourth-order valence-corrected chi connectivity index (χ4v) is 4.70. The van der Waals surface area contributed by atoms with Crippen LogP contribution >= 0.6 is 0 Å². The molecule has 2 aliphatic heterocycles. The molecule has 2 aromatic carbocycles. The number of benzene rings is 2. The highest BCUT2D eigenvalue weighted by Crippen LogP contribution is 2.28. The number of fused-ring (bicyclic) bond motifs is 1. The Morgan fingerprint density at radius 1 is 0.971 bits per heavy atom. The molecular formula is C26H27N5O3. The Bertz CT molecular complexity index is 1260. The second kappa shape index (κ2) is 9.13. The van der Waals surface area contributed by atoms with Gasteiger partial charge in [0.1, 0.15) is 5.82 Å². The lowest BCUT2D eigenvalue weighted by Gasteiger charge is -2.27. The minimum atomic E-state index is -0.182. The number of carbonyl (C=O) groups excluding carboxylic acids is 3. The van der Waals surface area contributed by atoms with Crippen LogP contribution in [0.5, 0.6) is 0 Å². The van der Waals surface area contributed by atoms with Crippen molar-refractivity contribution >= 4 is 45.7 Å². The zero-order chi connectivity index (χ0) is 23.7. The third-order valence-corrected chi connectivity index (χ3v) is 6.56. The minimum Gasteiger partial charge on any atom is -0.384 e. The number of hydrogen-bond acceptors (Lipinski definition) is 5. The van der Waals surface area contributed by atoms with Gasteiger partial charge in [0.05, 0.1) is 0 Å². The van der Waals surface area contributed by atoms with E-state index in [4.69, 9.17) is 5.73 Å². The van der Waals surface area contributed by atoms with E-state index in [0.29, 0.717) is 37.3 Å². The molecule has 3 amide bonds. The number of amides is 3. The predicted molar refractivity (Wildman–Crippen MR) is 132 cm³/mol. The van der Waals surface area contributed by atoms with Crippen LogP contribution in [0.3, 0.4) is 0 Å². The zero-order valence-electron chi connectivity index (χ0n) is 18.9. The lowest BCUT2D eigenvalue weighted by Crippen LogP contribution is -2.35. The van der Waals surface area contributed by atoms with Crippen LogP contribution in [0.1, 0.15) is 36.0 Å². The molecule has 2 aliphatic rings. The van der Waals surface area contributed by atoms with Gasteiger partial charge in [0.2, 0.25) is 11.8 Å². The zero-order valence-corrected chi connectivity index (χ0v) is 18.9. The Morgan fingerprint density at radius 3 is 2.50 bits per heavy atom. The summed E-state index contributed by atoms with van der Waals surface area (Å²) in [6, 6.07) is 14.7. The Labute approximate surface area is 197 Å². The van der Waals surface area contributed by atoms with Crippen molar-refractivity contribution in [1.29, 1.82) is 0 Å². The van der Waals surface area contributed by atoms with E-state index in [2.05, 4.69) is 10.3 Å². The Morgan fingerprint density at radius 2 is 1.74 bits per heavy atom. The lowest BCUT2D eigenvalue weighted by molar-refractivity contribution is -0.119. The van der Waals surface area contributed by atoms with Crippen LogP contribution in [0, 0.1) is 5.92 Å². The van der Waals surface area contributed by atoms with E-state index >= 15 is 0 Å². The topological polar surface area (TPSA) is 109 Å². The molecule has 0 radical (unpaired) electrons. The average molecular weight is 458 g/mol. The van der Waals surface area contributed by atoms with E-state index in [1.54, 1.807) is 29.3 Å². The highest BCUT2D eigenvalue weighted by molar-refractivity contribution is 5.99. The first-order valence-electron chi connectivity index (χ1n) is 11.6. The maximum Gasteiger partial charge on any atom is 0.251 e. The third-order valence-electron chi connectivity index (χ3n) is 6.56. The Hall–Kier alpha value is -3.94. The molecule has 5 rings (SSSR count). The normalized spacial score (nSPS) is 18.5. The molecule has 0 saturated carbocycles. The molecule has 0 bridgehead atoms. The van der Waals surface area contributed by atoms with Gasteiger partial charge in [-0.3, -0.25) is 14.4 Å². The molecule has 3 heterocycles. The van der Waals surface area contributed by atoms with Crippen LogP contribution < -0.4 is 20.9 Å². The van der Waals surface area contributed by atoms with Crippen LogP contribution in [-0.2, 0) is 9.59 Å². The summed E-state index contributed by atoms with van der Waals surface area (Å²) in [5.74, 6) is 0.442. The standard InChI is InChI=1S/C26H27N5O3/c27-23-13-20-12-18(4-5-19(20)15-28-23)26(34)29-14-17-11-25(33)31(16-17)22-8-6-21(7-9-22)30-10-2-1-3-24(30)32/h4-9,12-13,15,17H,1-3,10-11,14,16H2,(H2,27,28)(H,29,34). The number of hydrogen-bond donors (Lipinski definition) is 2. The highest BCUT2D eigenvalue weighted by Gasteiger charge is 2.31. The molecule has 34 heavy (non-hydrogen) atoms. The van der Waals surface area contributed by atoms with Gasteiger partial charge in [-0.25, -0.2) is 4.98 Å². The van der Waals surface area contributed by atoms with Crippen molar-refractivity contribution in [3.05, 3.63) is 60.3 Å². The molecule has 0 aliphatic carbocycles. The average Bonchev–Trinajstić information content (AvgIpc) is 3.23. The molecule has 8 heteroatoms. The van der Waals surface area contributed by atoms with Crippen molar-refractivity contribution in [2.75, 3.05) is 35.2 Å². The van der Waals surface area contributed by atoms with E-state index in [1.807, 2.05) is 35.2 Å². The van der Waals surface area contributed by atoms with Gasteiger partial charge in [0.25, 0.3) is 5.91 Å². The summed E-state index contributed by atoms with van der Waals surface area (Å²) in [5, 5.41) is 4.73. The highest BCUT2D eigenvalue weighted by atomic mass is 16.2. The van der Waals surface area contributed by atoms with Crippen LogP contribution in [0.2, 0.25) is 0 Å². The van der Waals surface area contributed by atoms with Gasteiger partial charge in [0, 0.05) is 66.9 Å². The summed E-state index contributed by atoms with van der Waals surface area (Å²) < 4.78 is 0. The number of rotatable bonds is 5. The first-order valence-corrected chi connectivity index (χ1v) is 11.6. The monoisotopic (exact) mass is 457 g/mol. The van der Waals surface area contributed by atoms with Crippen molar-refractivity contribution < 1.29 is 14.4 Å². The maximum absolute atomic E-state index is 12.7. The van der Waals surface area contributed by atoms with Crippen molar-refractivity contribution in [3.8, 4) is 0 Å². The quantitative estimate of drug-likeness (QED) is 0.612. The first kappa shape index (κ1) is 21.9. The summed E-state index contributed by atoms with van der Waals surface area (Å²) >= 11 is 0. The number of carbonyl (C=O) groups is 3. The Kier molecular flexibility index (Phi) is 5.88. The van der Waals surface area contributed by atoms with E-state index in [-0.39, 0.29) is 23.6 Å². The SMILES string of the molecule is Nc1cc2cc(C(=O)NCC3CC(=O)N(c4ccc(N5CCCCC5=O)cc4)C3)ccc2cn1. The lowest BCUT2D eigenvalue weighted by atomic mass is 10.1. The second-order valence-electron chi connectivity index (χ2n) is 8.97.